The van der Waals surface area contributed by atoms with Crippen LogP contribution in [0.3, 0.4) is 0 Å². The maximum atomic E-state index is 11.8. The summed E-state index contributed by atoms with van der Waals surface area (Å²) in [6.07, 6.45) is 7.96. The Morgan fingerprint density at radius 1 is 1.19 bits per heavy atom. The summed E-state index contributed by atoms with van der Waals surface area (Å²) in [4.78, 5) is 20.6. The van der Waals surface area contributed by atoms with E-state index in [1.807, 2.05) is 0 Å². The number of hydrogen-bond donors (Lipinski definition) is 4. The van der Waals surface area contributed by atoms with Crippen molar-refractivity contribution in [1.29, 1.82) is 0 Å². The van der Waals surface area contributed by atoms with Crippen molar-refractivity contribution in [2.24, 2.45) is 11.7 Å². The van der Waals surface area contributed by atoms with Gasteiger partial charge in [0.25, 0.3) is 5.91 Å². The highest BCUT2D eigenvalue weighted by atomic mass is 16.5. The van der Waals surface area contributed by atoms with E-state index < -0.39 is 5.91 Å². The highest BCUT2D eigenvalue weighted by Crippen LogP contribution is 2.28. The molecule has 2 fully saturated rings. The monoisotopic (exact) mass is 377 g/mol. The second-order valence-electron chi connectivity index (χ2n) is 7.87. The molecule has 0 saturated heterocycles. The third-order valence-corrected chi connectivity index (χ3v) is 5.89. The Morgan fingerprint density at radius 3 is 2.52 bits per heavy atom. The molecule has 0 radical (unpaired) electrons. The van der Waals surface area contributed by atoms with Gasteiger partial charge < -0.3 is 26.2 Å². The molecule has 1 aromatic rings. The number of nitrogens with two attached hydrogens (primary N) is 1. The second kappa shape index (κ2) is 8.84. The van der Waals surface area contributed by atoms with Gasteiger partial charge in [0, 0.05) is 25.4 Å². The van der Waals surface area contributed by atoms with Crippen LogP contribution in [-0.2, 0) is 4.74 Å². The lowest BCUT2D eigenvalue weighted by molar-refractivity contribution is 0.0681. The number of methoxy groups -OCH3 is 1. The fraction of sp³-hybridized carbons (Fsp3) is 0.737. The minimum absolute atomic E-state index is 0.0641. The van der Waals surface area contributed by atoms with E-state index in [4.69, 9.17) is 10.5 Å². The Bertz CT molecular complexity index is 648. The highest BCUT2D eigenvalue weighted by molar-refractivity contribution is 5.97. The number of nitrogens with zero attached hydrogens (tertiary/aromatic N) is 2. The molecule has 2 aliphatic carbocycles. The minimum atomic E-state index is -0.561. The number of aromatic nitrogens is 2. The Labute approximate surface area is 160 Å². The molecule has 0 aromatic carbocycles. The van der Waals surface area contributed by atoms with Gasteiger partial charge in [-0.15, -0.1) is 0 Å². The molecule has 3 rings (SSSR count). The number of rotatable bonds is 6. The summed E-state index contributed by atoms with van der Waals surface area (Å²) in [6.45, 7) is 2.06. The Kier molecular flexibility index (Phi) is 6.49. The van der Waals surface area contributed by atoms with Crippen molar-refractivity contribution in [2.45, 2.75) is 76.2 Å². The van der Waals surface area contributed by atoms with Crippen LogP contribution in [0.4, 0.5) is 11.8 Å². The summed E-state index contributed by atoms with van der Waals surface area (Å²) in [6, 6.07) is 0.357. The van der Waals surface area contributed by atoms with E-state index in [0.29, 0.717) is 36.3 Å². The lowest BCUT2D eigenvalue weighted by Gasteiger charge is -2.32. The van der Waals surface area contributed by atoms with Crippen LogP contribution in [0.2, 0.25) is 0 Å². The first-order valence-electron chi connectivity index (χ1n) is 9.87. The van der Waals surface area contributed by atoms with E-state index in [-0.39, 0.29) is 17.7 Å². The van der Waals surface area contributed by atoms with E-state index in [2.05, 4.69) is 27.5 Å². The van der Waals surface area contributed by atoms with Crippen molar-refractivity contribution in [3.63, 3.8) is 0 Å². The molecule has 2 saturated carbocycles. The number of carbonyl (C=O) groups is 1. The molecule has 0 aliphatic heterocycles. The minimum Gasteiger partial charge on any atom is -0.393 e. The average Bonchev–Trinajstić information content (AvgIpc) is 2.65. The van der Waals surface area contributed by atoms with Crippen LogP contribution in [-0.4, -0.2) is 52.4 Å². The molecule has 5 N–H and O–H groups in total. The zero-order valence-corrected chi connectivity index (χ0v) is 16.1. The number of carbonyl (C=O) groups excluding carboxylic acids is 1. The maximum Gasteiger partial charge on any atom is 0.254 e. The quantitative estimate of drug-likeness (QED) is 0.597. The number of aliphatic hydroxyl groups excluding tert-OH is 1. The van der Waals surface area contributed by atoms with Crippen molar-refractivity contribution >= 4 is 17.7 Å². The van der Waals surface area contributed by atoms with Gasteiger partial charge in [-0.3, -0.25) is 4.79 Å². The van der Waals surface area contributed by atoms with Gasteiger partial charge in [-0.1, -0.05) is 6.92 Å². The van der Waals surface area contributed by atoms with Crippen LogP contribution in [0, 0.1) is 5.92 Å². The molecule has 2 aliphatic rings. The number of anilines is 2. The van der Waals surface area contributed by atoms with E-state index in [0.717, 1.165) is 38.5 Å². The Morgan fingerprint density at radius 2 is 1.89 bits per heavy atom. The molecular weight excluding hydrogens is 346 g/mol. The predicted octanol–water partition coefficient (Wildman–Crippen LogP) is 1.91. The smallest absolute Gasteiger partial charge is 0.254 e. The zero-order valence-electron chi connectivity index (χ0n) is 16.1. The highest BCUT2D eigenvalue weighted by Gasteiger charge is 2.27. The summed E-state index contributed by atoms with van der Waals surface area (Å²) in [7, 11) is 1.75. The SMILES string of the molecule is COC1CCC(Nc2ncc(C(N)=O)c(N[C@H]3CC[C@@H](C)[C@H](O)C3)n2)CC1. The number of hydrogen-bond acceptors (Lipinski definition) is 7. The molecule has 27 heavy (non-hydrogen) atoms. The van der Waals surface area contributed by atoms with Gasteiger partial charge in [0.1, 0.15) is 5.82 Å². The van der Waals surface area contributed by atoms with Gasteiger partial charge in [0.15, 0.2) is 0 Å². The lowest BCUT2D eigenvalue weighted by atomic mass is 9.85. The fourth-order valence-corrected chi connectivity index (χ4v) is 3.99. The van der Waals surface area contributed by atoms with Crippen molar-refractivity contribution in [3.8, 4) is 0 Å². The van der Waals surface area contributed by atoms with Crippen LogP contribution >= 0.6 is 0 Å². The summed E-state index contributed by atoms with van der Waals surface area (Å²) >= 11 is 0. The molecule has 8 heteroatoms. The van der Waals surface area contributed by atoms with Gasteiger partial charge >= 0.3 is 0 Å². The van der Waals surface area contributed by atoms with Crippen LogP contribution in [0.15, 0.2) is 6.20 Å². The number of nitrogens with one attached hydrogen (secondary N) is 2. The molecular formula is C19H31N5O3. The maximum absolute atomic E-state index is 11.8. The third kappa shape index (κ3) is 5.07. The topological polar surface area (TPSA) is 122 Å². The number of ether oxygens (including phenoxy) is 1. The molecule has 8 nitrogen and oxygen atoms in total. The summed E-state index contributed by atoms with van der Waals surface area (Å²) in [5.41, 5.74) is 5.77. The van der Waals surface area contributed by atoms with E-state index in [1.54, 1.807) is 7.11 Å². The first-order valence-corrected chi connectivity index (χ1v) is 9.87. The molecule has 1 amide bonds. The molecule has 1 heterocycles. The van der Waals surface area contributed by atoms with Crippen molar-refractivity contribution in [2.75, 3.05) is 17.7 Å². The summed E-state index contributed by atoms with van der Waals surface area (Å²) < 4.78 is 5.41. The standard InChI is InChI=1S/C19H31N5O3/c1-11-3-4-13(9-16(11)25)22-18-15(17(20)26)10-21-19(24-18)23-12-5-7-14(27-2)8-6-12/h10-14,16,25H,3-9H2,1-2H3,(H2,20,26)(H2,21,22,23,24)/t11-,12?,13+,14?,16-/m1/s1. The van der Waals surface area contributed by atoms with Crippen molar-refractivity contribution in [1.82, 2.24) is 9.97 Å². The number of aliphatic hydroxyl groups is 1. The Balaban J connectivity index is 1.68. The Hall–Kier alpha value is -1.93. The first-order chi connectivity index (χ1) is 13.0. The largest absolute Gasteiger partial charge is 0.393 e. The van der Waals surface area contributed by atoms with Gasteiger partial charge in [0.2, 0.25) is 5.95 Å². The van der Waals surface area contributed by atoms with E-state index >= 15 is 0 Å². The normalized spacial score (nSPS) is 31.3. The van der Waals surface area contributed by atoms with Crippen molar-refractivity contribution in [3.05, 3.63) is 11.8 Å². The van der Waals surface area contributed by atoms with Gasteiger partial charge in [0.05, 0.1) is 17.8 Å². The van der Waals surface area contributed by atoms with Crippen LogP contribution in [0.25, 0.3) is 0 Å². The van der Waals surface area contributed by atoms with Crippen LogP contribution in [0.1, 0.15) is 62.2 Å². The second-order valence-corrected chi connectivity index (χ2v) is 7.87. The molecule has 0 spiro atoms. The van der Waals surface area contributed by atoms with Gasteiger partial charge in [-0.25, -0.2) is 4.98 Å². The number of primary amides is 1. The third-order valence-electron chi connectivity index (χ3n) is 5.89. The van der Waals surface area contributed by atoms with Crippen LogP contribution in [0.5, 0.6) is 0 Å². The summed E-state index contributed by atoms with van der Waals surface area (Å²) in [5, 5.41) is 16.8. The molecule has 0 bridgehead atoms. The van der Waals surface area contributed by atoms with E-state index in [1.165, 1.54) is 6.20 Å². The van der Waals surface area contributed by atoms with Gasteiger partial charge in [-0.05, 0) is 50.9 Å². The van der Waals surface area contributed by atoms with Gasteiger partial charge in [-0.2, -0.15) is 4.98 Å². The molecule has 150 valence electrons. The summed E-state index contributed by atoms with van der Waals surface area (Å²) in [5.74, 6) is 0.670. The fourth-order valence-electron chi connectivity index (χ4n) is 3.99. The zero-order chi connectivity index (χ0) is 19.4. The van der Waals surface area contributed by atoms with Crippen LogP contribution < -0.4 is 16.4 Å². The average molecular weight is 377 g/mol. The van der Waals surface area contributed by atoms with E-state index in [9.17, 15) is 9.90 Å². The molecule has 3 atom stereocenters. The number of amides is 1. The molecule has 1 aromatic heterocycles. The lowest BCUT2D eigenvalue weighted by Crippen LogP contribution is -2.36. The first kappa shape index (κ1) is 19.8. The molecule has 0 unspecified atom stereocenters. The van der Waals surface area contributed by atoms with Crippen molar-refractivity contribution < 1.29 is 14.6 Å². The predicted molar refractivity (Wildman–Crippen MR) is 104 cm³/mol.